The van der Waals surface area contributed by atoms with E-state index >= 15 is 0 Å². The van der Waals surface area contributed by atoms with Gasteiger partial charge in [-0.1, -0.05) is 20.8 Å². The molecule has 0 spiro atoms. The van der Waals surface area contributed by atoms with Crippen LogP contribution in [0.3, 0.4) is 0 Å². The second-order valence-electron chi connectivity index (χ2n) is 8.17. The monoisotopic (exact) mass is 377 g/mol. The fourth-order valence-corrected chi connectivity index (χ4v) is 3.95. The predicted octanol–water partition coefficient (Wildman–Crippen LogP) is 2.60. The smallest absolute Gasteiger partial charge is 0.330 e. The fraction of sp³-hybridized carbons (Fsp3) is 0.611. The number of aromatic nitrogens is 2. The SMILES string of the molecule is Cc1cn([C@H]2C[C@H](O[Si](C)(C)C(C)(C)C)[C@@H](/C=C\C#N)O2)c(=O)[nH]c1=O. The maximum absolute atomic E-state index is 12.2. The first-order valence-corrected chi connectivity index (χ1v) is 11.6. The molecule has 0 bridgehead atoms. The Kier molecular flexibility index (Phi) is 5.75. The van der Waals surface area contributed by atoms with Gasteiger partial charge in [0.05, 0.1) is 12.2 Å². The lowest BCUT2D eigenvalue weighted by Crippen LogP contribution is -2.45. The van der Waals surface area contributed by atoms with Gasteiger partial charge in [0.15, 0.2) is 8.32 Å². The van der Waals surface area contributed by atoms with Gasteiger partial charge < -0.3 is 9.16 Å². The van der Waals surface area contributed by atoms with Gasteiger partial charge in [-0.15, -0.1) is 0 Å². The van der Waals surface area contributed by atoms with E-state index in [9.17, 15) is 9.59 Å². The molecule has 0 aliphatic carbocycles. The Morgan fingerprint density at radius 3 is 2.65 bits per heavy atom. The normalized spacial score (nSPS) is 24.1. The second-order valence-corrected chi connectivity index (χ2v) is 12.9. The number of hydrogen-bond acceptors (Lipinski definition) is 5. The van der Waals surface area contributed by atoms with E-state index in [1.807, 2.05) is 6.07 Å². The van der Waals surface area contributed by atoms with E-state index in [0.717, 1.165) is 0 Å². The molecule has 0 amide bonds. The summed E-state index contributed by atoms with van der Waals surface area (Å²) >= 11 is 0. The standard InChI is InChI=1S/C18H27N3O4Si/c1-12-11-21(17(23)20-16(12)22)15-10-14(13(24-15)8-7-9-19)25-26(5,6)18(2,3)4/h7-8,11,13-15H,10H2,1-6H3,(H,20,22,23)/b8-7-/t13-,14+,15-/m1/s1. The van der Waals surface area contributed by atoms with Gasteiger partial charge >= 0.3 is 5.69 Å². The summed E-state index contributed by atoms with van der Waals surface area (Å²) in [6.07, 6.45) is 3.78. The summed E-state index contributed by atoms with van der Waals surface area (Å²) in [6, 6.07) is 1.97. The molecule has 3 atom stereocenters. The molecular formula is C18H27N3O4Si. The van der Waals surface area contributed by atoms with Crippen molar-refractivity contribution in [3.05, 3.63) is 44.8 Å². The number of aromatic amines is 1. The van der Waals surface area contributed by atoms with Gasteiger partial charge in [-0.25, -0.2) is 4.79 Å². The number of allylic oxidation sites excluding steroid dienone is 1. The van der Waals surface area contributed by atoms with Gasteiger partial charge in [-0.05, 0) is 31.1 Å². The number of rotatable bonds is 4. The second kappa shape index (κ2) is 7.35. The van der Waals surface area contributed by atoms with E-state index in [-0.39, 0.29) is 11.1 Å². The molecule has 1 aromatic rings. The Bertz CT molecular complexity index is 842. The summed E-state index contributed by atoms with van der Waals surface area (Å²) in [6.45, 7) is 12.4. The third-order valence-electron chi connectivity index (χ3n) is 5.18. The molecule has 1 aliphatic heterocycles. The molecule has 1 N–H and O–H groups in total. The van der Waals surface area contributed by atoms with Crippen molar-refractivity contribution in [3.63, 3.8) is 0 Å². The number of hydrogen-bond donors (Lipinski definition) is 1. The van der Waals surface area contributed by atoms with Crippen molar-refractivity contribution in [2.24, 2.45) is 0 Å². The summed E-state index contributed by atoms with van der Waals surface area (Å²) < 4.78 is 13.9. The van der Waals surface area contributed by atoms with Crippen molar-refractivity contribution in [3.8, 4) is 6.07 Å². The van der Waals surface area contributed by atoms with Crippen molar-refractivity contribution in [1.82, 2.24) is 9.55 Å². The van der Waals surface area contributed by atoms with Crippen molar-refractivity contribution in [2.75, 3.05) is 0 Å². The van der Waals surface area contributed by atoms with Crippen molar-refractivity contribution in [1.29, 1.82) is 5.26 Å². The van der Waals surface area contributed by atoms with Gasteiger partial charge in [0.25, 0.3) is 5.56 Å². The minimum atomic E-state index is -2.06. The van der Waals surface area contributed by atoms with Crippen LogP contribution in [0.15, 0.2) is 27.9 Å². The van der Waals surface area contributed by atoms with Crippen molar-refractivity contribution >= 4 is 8.32 Å². The first kappa shape index (κ1) is 20.4. The molecule has 0 radical (unpaired) electrons. The van der Waals surface area contributed by atoms with Crippen molar-refractivity contribution in [2.45, 2.75) is 70.7 Å². The van der Waals surface area contributed by atoms with Crippen LogP contribution in [0.25, 0.3) is 0 Å². The molecule has 1 aliphatic rings. The van der Waals surface area contributed by atoms with Crippen LogP contribution >= 0.6 is 0 Å². The van der Waals surface area contributed by atoms with Crippen LogP contribution in [0.5, 0.6) is 0 Å². The Balaban J connectivity index is 2.33. The molecule has 142 valence electrons. The molecule has 7 nitrogen and oxygen atoms in total. The van der Waals surface area contributed by atoms with Gasteiger partial charge in [-0.2, -0.15) is 5.26 Å². The lowest BCUT2D eigenvalue weighted by molar-refractivity contribution is 0.00637. The zero-order valence-corrected chi connectivity index (χ0v) is 17.2. The lowest BCUT2D eigenvalue weighted by Gasteiger charge is -2.39. The number of nitrogens with zero attached hydrogens (tertiary/aromatic N) is 2. The van der Waals surface area contributed by atoms with Crippen LogP contribution < -0.4 is 11.2 Å². The summed E-state index contributed by atoms with van der Waals surface area (Å²) in [4.78, 5) is 26.1. The van der Waals surface area contributed by atoms with E-state index in [1.165, 1.54) is 16.8 Å². The van der Waals surface area contributed by atoms with E-state index in [0.29, 0.717) is 12.0 Å². The van der Waals surface area contributed by atoms with Crippen LogP contribution in [-0.4, -0.2) is 30.1 Å². The highest BCUT2D eigenvalue weighted by Crippen LogP contribution is 2.41. The molecule has 8 heteroatoms. The van der Waals surface area contributed by atoms with Gasteiger partial charge in [0.2, 0.25) is 0 Å². The number of nitrogens with one attached hydrogen (secondary N) is 1. The highest BCUT2D eigenvalue weighted by atomic mass is 28.4. The summed E-state index contributed by atoms with van der Waals surface area (Å²) in [5.74, 6) is 0. The number of nitriles is 1. The molecule has 0 aromatic carbocycles. The first-order valence-electron chi connectivity index (χ1n) is 8.68. The molecule has 26 heavy (non-hydrogen) atoms. The highest BCUT2D eigenvalue weighted by molar-refractivity contribution is 6.74. The van der Waals surface area contributed by atoms with Gasteiger partial charge in [0.1, 0.15) is 12.3 Å². The van der Waals surface area contributed by atoms with Crippen LogP contribution in [0.1, 0.15) is 39.0 Å². The summed E-state index contributed by atoms with van der Waals surface area (Å²) in [5, 5.41) is 8.88. The quantitative estimate of drug-likeness (QED) is 0.642. The lowest BCUT2D eigenvalue weighted by atomic mass is 10.1. The Morgan fingerprint density at radius 1 is 1.42 bits per heavy atom. The van der Waals surface area contributed by atoms with E-state index < -0.39 is 31.9 Å². The van der Waals surface area contributed by atoms with Gasteiger partial charge in [-0.3, -0.25) is 14.3 Å². The summed E-state index contributed by atoms with van der Waals surface area (Å²) in [7, 11) is -2.06. The maximum Gasteiger partial charge on any atom is 0.330 e. The largest absolute Gasteiger partial charge is 0.411 e. The van der Waals surface area contributed by atoms with E-state index in [4.69, 9.17) is 14.4 Å². The zero-order chi connectivity index (χ0) is 19.7. The summed E-state index contributed by atoms with van der Waals surface area (Å²) in [5.41, 5.74) is -0.480. The Hall–Kier alpha value is -1.95. The number of aryl methyl sites for hydroxylation is 1. The predicted molar refractivity (Wildman–Crippen MR) is 101 cm³/mol. The molecule has 0 unspecified atom stereocenters. The van der Waals surface area contributed by atoms with Gasteiger partial charge in [0, 0.05) is 24.3 Å². The topological polar surface area (TPSA) is 97.1 Å². The first-order chi connectivity index (χ1) is 12.0. The molecule has 1 saturated heterocycles. The molecule has 2 heterocycles. The molecular weight excluding hydrogens is 350 g/mol. The zero-order valence-electron chi connectivity index (χ0n) is 16.2. The Morgan fingerprint density at radius 2 is 2.08 bits per heavy atom. The third kappa shape index (κ3) is 4.23. The Labute approximate surface area is 154 Å². The van der Waals surface area contributed by atoms with Crippen molar-refractivity contribution < 1.29 is 9.16 Å². The van der Waals surface area contributed by atoms with Crippen LogP contribution in [0.4, 0.5) is 0 Å². The highest BCUT2D eigenvalue weighted by Gasteiger charge is 2.44. The fourth-order valence-electron chi connectivity index (χ4n) is 2.61. The molecule has 1 fully saturated rings. The number of H-pyrrole nitrogens is 1. The number of ether oxygens (including phenoxy) is 1. The average molecular weight is 378 g/mol. The molecule has 1 aromatic heterocycles. The minimum absolute atomic E-state index is 0.0278. The third-order valence-corrected chi connectivity index (χ3v) is 9.69. The van der Waals surface area contributed by atoms with E-state index in [2.05, 4.69) is 38.8 Å². The van der Waals surface area contributed by atoms with E-state index in [1.54, 1.807) is 13.0 Å². The maximum atomic E-state index is 12.2. The molecule has 2 rings (SSSR count). The average Bonchev–Trinajstić information content (AvgIpc) is 2.89. The van der Waals surface area contributed by atoms with Crippen LogP contribution in [0, 0.1) is 18.3 Å². The molecule has 0 saturated carbocycles. The van der Waals surface area contributed by atoms with Crippen LogP contribution in [0.2, 0.25) is 18.1 Å². The minimum Gasteiger partial charge on any atom is -0.411 e. The van der Waals surface area contributed by atoms with Crippen LogP contribution in [-0.2, 0) is 9.16 Å².